The lowest BCUT2D eigenvalue weighted by Crippen LogP contribution is -2.43. The molecule has 2 atom stereocenters. The van der Waals surface area contributed by atoms with Crippen LogP contribution in [-0.4, -0.2) is 49.8 Å². The normalized spacial score (nSPS) is 22.6. The number of ether oxygens (including phenoxy) is 1. The zero-order valence-corrected chi connectivity index (χ0v) is 10.6. The first-order valence-electron chi connectivity index (χ1n) is 6.15. The molecular formula is C13H21N3O. The maximum Gasteiger partial charge on any atom is 0.0620 e. The Morgan fingerprint density at radius 2 is 2.47 bits per heavy atom. The molecule has 1 aliphatic heterocycles. The Morgan fingerprint density at radius 1 is 1.59 bits per heavy atom. The molecule has 1 aromatic rings. The number of rotatable bonds is 4. The first-order valence-corrected chi connectivity index (χ1v) is 6.15. The van der Waals surface area contributed by atoms with Crippen LogP contribution in [0.1, 0.15) is 18.0 Å². The fourth-order valence-corrected chi connectivity index (χ4v) is 2.26. The third kappa shape index (κ3) is 3.49. The molecular weight excluding hydrogens is 214 g/mol. The first-order chi connectivity index (χ1) is 8.27. The SMILES string of the molecule is CN(C)C(CC1COCCN1)c1cccnc1. The van der Waals surface area contributed by atoms with Crippen molar-refractivity contribution in [3.8, 4) is 0 Å². The Balaban J connectivity index is 2.02. The minimum Gasteiger partial charge on any atom is -0.379 e. The van der Waals surface area contributed by atoms with E-state index in [1.807, 2.05) is 18.5 Å². The van der Waals surface area contributed by atoms with E-state index in [-0.39, 0.29) is 0 Å². The van der Waals surface area contributed by atoms with Gasteiger partial charge in [-0.1, -0.05) is 6.07 Å². The van der Waals surface area contributed by atoms with Crippen molar-refractivity contribution in [3.63, 3.8) is 0 Å². The van der Waals surface area contributed by atoms with Gasteiger partial charge in [-0.2, -0.15) is 0 Å². The lowest BCUT2D eigenvalue weighted by Gasteiger charge is -2.31. The van der Waals surface area contributed by atoms with Crippen molar-refractivity contribution in [1.82, 2.24) is 15.2 Å². The molecule has 0 spiro atoms. The lowest BCUT2D eigenvalue weighted by atomic mass is 9.99. The van der Waals surface area contributed by atoms with E-state index in [1.165, 1.54) is 5.56 Å². The molecule has 1 saturated heterocycles. The van der Waals surface area contributed by atoms with E-state index < -0.39 is 0 Å². The molecule has 0 bridgehead atoms. The Kier molecular flexibility index (Phi) is 4.48. The van der Waals surface area contributed by atoms with Crippen molar-refractivity contribution in [2.24, 2.45) is 0 Å². The highest BCUT2D eigenvalue weighted by molar-refractivity contribution is 5.14. The summed E-state index contributed by atoms with van der Waals surface area (Å²) in [4.78, 5) is 6.45. The van der Waals surface area contributed by atoms with Crippen molar-refractivity contribution in [2.45, 2.75) is 18.5 Å². The maximum atomic E-state index is 5.50. The number of nitrogens with one attached hydrogen (secondary N) is 1. The van der Waals surface area contributed by atoms with Gasteiger partial charge < -0.3 is 15.0 Å². The molecule has 4 heteroatoms. The highest BCUT2D eigenvalue weighted by Gasteiger charge is 2.21. The summed E-state index contributed by atoms with van der Waals surface area (Å²) in [7, 11) is 4.22. The second-order valence-electron chi connectivity index (χ2n) is 4.73. The van der Waals surface area contributed by atoms with Gasteiger partial charge in [0.1, 0.15) is 0 Å². The number of hydrogen-bond acceptors (Lipinski definition) is 4. The summed E-state index contributed by atoms with van der Waals surface area (Å²) in [5, 5.41) is 3.50. The molecule has 1 N–H and O–H groups in total. The average Bonchev–Trinajstić information content (AvgIpc) is 2.38. The van der Waals surface area contributed by atoms with Gasteiger partial charge in [0.15, 0.2) is 0 Å². The van der Waals surface area contributed by atoms with E-state index in [0.29, 0.717) is 12.1 Å². The number of nitrogens with zero attached hydrogens (tertiary/aromatic N) is 2. The van der Waals surface area contributed by atoms with E-state index in [0.717, 1.165) is 26.2 Å². The molecule has 0 amide bonds. The summed E-state index contributed by atoms with van der Waals surface area (Å²) in [6.45, 7) is 2.60. The van der Waals surface area contributed by atoms with Crippen LogP contribution in [0.4, 0.5) is 0 Å². The summed E-state index contributed by atoms with van der Waals surface area (Å²) < 4.78 is 5.50. The third-order valence-corrected chi connectivity index (χ3v) is 3.20. The zero-order valence-electron chi connectivity index (χ0n) is 10.6. The Morgan fingerprint density at radius 3 is 3.06 bits per heavy atom. The van der Waals surface area contributed by atoms with Crippen molar-refractivity contribution >= 4 is 0 Å². The topological polar surface area (TPSA) is 37.4 Å². The minimum atomic E-state index is 0.392. The molecule has 0 aliphatic carbocycles. The van der Waals surface area contributed by atoms with Crippen molar-refractivity contribution in [3.05, 3.63) is 30.1 Å². The first kappa shape index (κ1) is 12.5. The highest BCUT2D eigenvalue weighted by Crippen LogP contribution is 2.23. The van der Waals surface area contributed by atoms with Crippen LogP contribution in [-0.2, 0) is 4.74 Å². The molecule has 2 rings (SSSR count). The van der Waals surface area contributed by atoms with Gasteiger partial charge in [-0.3, -0.25) is 4.98 Å². The molecule has 1 fully saturated rings. The lowest BCUT2D eigenvalue weighted by molar-refractivity contribution is 0.0648. The van der Waals surface area contributed by atoms with Crippen LogP contribution in [0.25, 0.3) is 0 Å². The largest absolute Gasteiger partial charge is 0.379 e. The van der Waals surface area contributed by atoms with Gasteiger partial charge >= 0.3 is 0 Å². The molecule has 0 radical (unpaired) electrons. The number of morpholine rings is 1. The standard InChI is InChI=1S/C13H21N3O/c1-16(2)13(11-4-3-5-14-9-11)8-12-10-17-7-6-15-12/h3-5,9,12-13,15H,6-8,10H2,1-2H3. The summed E-state index contributed by atoms with van der Waals surface area (Å²) >= 11 is 0. The van der Waals surface area contributed by atoms with Crippen molar-refractivity contribution in [1.29, 1.82) is 0 Å². The Bertz CT molecular complexity index is 323. The van der Waals surface area contributed by atoms with Gasteiger partial charge in [0.05, 0.1) is 13.2 Å². The molecule has 2 unspecified atom stereocenters. The van der Waals surface area contributed by atoms with E-state index >= 15 is 0 Å². The van der Waals surface area contributed by atoms with Crippen LogP contribution in [0.2, 0.25) is 0 Å². The zero-order chi connectivity index (χ0) is 12.1. The molecule has 0 saturated carbocycles. The maximum absolute atomic E-state index is 5.50. The Labute approximate surface area is 103 Å². The van der Waals surface area contributed by atoms with E-state index in [9.17, 15) is 0 Å². The summed E-state index contributed by atoms with van der Waals surface area (Å²) in [5.41, 5.74) is 1.27. The number of aromatic nitrogens is 1. The third-order valence-electron chi connectivity index (χ3n) is 3.20. The van der Waals surface area contributed by atoms with Gasteiger partial charge in [-0.15, -0.1) is 0 Å². The van der Waals surface area contributed by atoms with Crippen LogP contribution in [0.3, 0.4) is 0 Å². The summed E-state index contributed by atoms with van der Waals surface area (Å²) in [5.74, 6) is 0. The van der Waals surface area contributed by atoms with Gasteiger partial charge in [-0.05, 0) is 32.1 Å². The second-order valence-corrected chi connectivity index (χ2v) is 4.73. The van der Waals surface area contributed by atoms with Gasteiger partial charge in [0.2, 0.25) is 0 Å². The predicted molar refractivity (Wildman–Crippen MR) is 67.9 cm³/mol. The minimum absolute atomic E-state index is 0.392. The second kappa shape index (κ2) is 6.10. The van der Waals surface area contributed by atoms with Crippen molar-refractivity contribution < 1.29 is 4.74 Å². The molecule has 0 aromatic carbocycles. The number of pyridine rings is 1. The van der Waals surface area contributed by atoms with Gasteiger partial charge in [0, 0.05) is 31.0 Å². The predicted octanol–water partition coefficient (Wildman–Crippen LogP) is 1.06. The van der Waals surface area contributed by atoms with Gasteiger partial charge in [-0.25, -0.2) is 0 Å². The monoisotopic (exact) mass is 235 g/mol. The van der Waals surface area contributed by atoms with Crippen LogP contribution >= 0.6 is 0 Å². The van der Waals surface area contributed by atoms with E-state index in [4.69, 9.17) is 4.74 Å². The fraction of sp³-hybridized carbons (Fsp3) is 0.615. The fourth-order valence-electron chi connectivity index (χ4n) is 2.26. The Hall–Kier alpha value is -0.970. The smallest absolute Gasteiger partial charge is 0.0620 e. The molecule has 1 aromatic heterocycles. The highest BCUT2D eigenvalue weighted by atomic mass is 16.5. The van der Waals surface area contributed by atoms with Gasteiger partial charge in [0.25, 0.3) is 0 Å². The van der Waals surface area contributed by atoms with Crippen LogP contribution in [0.5, 0.6) is 0 Å². The van der Waals surface area contributed by atoms with Crippen LogP contribution in [0, 0.1) is 0 Å². The molecule has 2 heterocycles. The van der Waals surface area contributed by atoms with Crippen molar-refractivity contribution in [2.75, 3.05) is 33.9 Å². The molecule has 1 aliphatic rings. The average molecular weight is 235 g/mol. The molecule has 4 nitrogen and oxygen atoms in total. The van der Waals surface area contributed by atoms with E-state index in [2.05, 4.69) is 35.4 Å². The summed E-state index contributed by atoms with van der Waals surface area (Å²) in [6, 6.07) is 4.97. The summed E-state index contributed by atoms with van der Waals surface area (Å²) in [6.07, 6.45) is 4.82. The molecule has 17 heavy (non-hydrogen) atoms. The van der Waals surface area contributed by atoms with Crippen LogP contribution in [0.15, 0.2) is 24.5 Å². The quantitative estimate of drug-likeness (QED) is 0.847. The molecule has 94 valence electrons. The number of hydrogen-bond donors (Lipinski definition) is 1. The van der Waals surface area contributed by atoms with E-state index in [1.54, 1.807) is 0 Å². The van der Waals surface area contributed by atoms with Crippen LogP contribution < -0.4 is 5.32 Å².